The van der Waals surface area contributed by atoms with Gasteiger partial charge in [0.1, 0.15) is 0 Å². The van der Waals surface area contributed by atoms with Gasteiger partial charge in [0.25, 0.3) is 10.0 Å². The zero-order chi connectivity index (χ0) is 23.3. The largest absolute Gasteiger partial charge is 0.395 e. The lowest BCUT2D eigenvalue weighted by Gasteiger charge is -2.45. The molecule has 1 aliphatic carbocycles. The highest BCUT2D eigenvalue weighted by molar-refractivity contribution is 7.90. The number of sulfonamides is 1. The predicted molar refractivity (Wildman–Crippen MR) is 122 cm³/mol. The first kappa shape index (κ1) is 22.7. The third-order valence-electron chi connectivity index (χ3n) is 6.35. The molecule has 170 valence electrons. The Morgan fingerprint density at radius 3 is 2.44 bits per heavy atom. The second-order valence-electron chi connectivity index (χ2n) is 8.32. The summed E-state index contributed by atoms with van der Waals surface area (Å²) in [5.41, 5.74) is 4.65. The Labute approximate surface area is 188 Å². The molecule has 0 radical (unpaired) electrons. The minimum Gasteiger partial charge on any atom is -0.395 e. The monoisotopic (exact) mass is 456 g/mol. The van der Waals surface area contributed by atoms with Crippen molar-refractivity contribution in [1.29, 1.82) is 0 Å². The number of ether oxygens (including phenoxy) is 1. The normalized spacial score (nSPS) is 21.9. The summed E-state index contributed by atoms with van der Waals surface area (Å²) < 4.78 is 37.1. The number of morpholine rings is 1. The van der Waals surface area contributed by atoms with Gasteiger partial charge in [0, 0.05) is 24.2 Å². The van der Waals surface area contributed by atoms with Crippen molar-refractivity contribution in [2.45, 2.75) is 38.4 Å². The molecule has 0 saturated carbocycles. The third-order valence-corrected chi connectivity index (χ3v) is 7.91. The van der Waals surface area contributed by atoms with E-state index in [1.807, 2.05) is 19.9 Å². The standard InChI is InChI=1S/C24H28N2O5S/c1-15-13-16(2)18(4)23(17(15)3)32(29,30)25-21-14-22-24(28,20-8-6-5-7-19(20)21)31-12-10-26(22)9-11-27/h5-8,13-14,27-28H,9-12H2,1-4H3/b25-21+. The number of aliphatic hydroxyl groups excluding tert-OH is 1. The van der Waals surface area contributed by atoms with Crippen LogP contribution in [0.5, 0.6) is 0 Å². The molecule has 0 spiro atoms. The zero-order valence-corrected chi connectivity index (χ0v) is 19.5. The second kappa shape index (κ2) is 8.12. The van der Waals surface area contributed by atoms with Gasteiger partial charge < -0.3 is 19.8 Å². The summed E-state index contributed by atoms with van der Waals surface area (Å²) in [6, 6.07) is 8.94. The molecule has 7 nitrogen and oxygen atoms in total. The van der Waals surface area contributed by atoms with Crippen LogP contribution in [0.3, 0.4) is 0 Å². The Balaban J connectivity index is 1.95. The maximum Gasteiger partial charge on any atom is 0.283 e. The molecule has 32 heavy (non-hydrogen) atoms. The van der Waals surface area contributed by atoms with Crippen LogP contribution >= 0.6 is 0 Å². The summed E-state index contributed by atoms with van der Waals surface area (Å²) in [4.78, 5) is 2.01. The Morgan fingerprint density at radius 1 is 1.12 bits per heavy atom. The van der Waals surface area contributed by atoms with E-state index in [9.17, 15) is 18.6 Å². The van der Waals surface area contributed by atoms with Crippen LogP contribution < -0.4 is 0 Å². The lowest BCUT2D eigenvalue weighted by Crippen LogP contribution is -2.50. The molecule has 2 N–H and O–H groups in total. The highest BCUT2D eigenvalue weighted by Gasteiger charge is 2.46. The van der Waals surface area contributed by atoms with Crippen molar-refractivity contribution in [3.05, 3.63) is 75.5 Å². The van der Waals surface area contributed by atoms with Gasteiger partial charge >= 0.3 is 0 Å². The molecule has 4 rings (SSSR count). The van der Waals surface area contributed by atoms with Gasteiger partial charge in [-0.2, -0.15) is 12.8 Å². The van der Waals surface area contributed by atoms with E-state index in [1.54, 1.807) is 49.1 Å². The van der Waals surface area contributed by atoms with Crippen LogP contribution in [0.1, 0.15) is 33.4 Å². The Kier molecular flexibility index (Phi) is 5.75. The molecule has 1 atom stereocenters. The van der Waals surface area contributed by atoms with Gasteiger partial charge in [-0.1, -0.05) is 30.3 Å². The summed E-state index contributed by atoms with van der Waals surface area (Å²) >= 11 is 0. The number of hydrogen-bond acceptors (Lipinski definition) is 6. The maximum atomic E-state index is 13.5. The van der Waals surface area contributed by atoms with E-state index in [-0.39, 0.29) is 30.4 Å². The molecule has 0 amide bonds. The second-order valence-corrected chi connectivity index (χ2v) is 9.86. The van der Waals surface area contributed by atoms with Gasteiger partial charge in [-0.15, -0.1) is 0 Å². The predicted octanol–water partition coefficient (Wildman–Crippen LogP) is 2.47. The number of aliphatic hydroxyl groups is 2. The highest BCUT2D eigenvalue weighted by atomic mass is 32.2. The van der Waals surface area contributed by atoms with Gasteiger partial charge in [0.05, 0.1) is 29.5 Å². The fraction of sp³-hybridized carbons (Fsp3) is 0.375. The van der Waals surface area contributed by atoms with Gasteiger partial charge in [-0.25, -0.2) is 0 Å². The van der Waals surface area contributed by atoms with Crippen molar-refractivity contribution < 1.29 is 23.4 Å². The van der Waals surface area contributed by atoms with E-state index in [0.29, 0.717) is 34.5 Å². The lowest BCUT2D eigenvalue weighted by atomic mass is 9.86. The van der Waals surface area contributed by atoms with Crippen molar-refractivity contribution in [3.8, 4) is 0 Å². The van der Waals surface area contributed by atoms with Gasteiger partial charge in [-0.05, 0) is 56.0 Å². The fourth-order valence-corrected chi connectivity index (χ4v) is 6.09. The van der Waals surface area contributed by atoms with E-state index < -0.39 is 15.8 Å². The number of allylic oxidation sites excluding steroid dienone is 1. The fourth-order valence-electron chi connectivity index (χ4n) is 4.50. The molecule has 1 aliphatic heterocycles. The SMILES string of the molecule is Cc1cc(C)c(C)c(S(=O)(=O)/N=C2\C=C3N(CCO)CCOC3(O)c3ccccc32)c1C. The summed E-state index contributed by atoms with van der Waals surface area (Å²) in [5.74, 6) is -1.72. The molecule has 2 aliphatic rings. The molecular weight excluding hydrogens is 428 g/mol. The smallest absolute Gasteiger partial charge is 0.283 e. The summed E-state index contributed by atoms with van der Waals surface area (Å²) in [6.07, 6.45) is 1.56. The minimum atomic E-state index is -4.04. The topological polar surface area (TPSA) is 99.4 Å². The van der Waals surface area contributed by atoms with Crippen LogP contribution in [-0.4, -0.2) is 55.5 Å². The van der Waals surface area contributed by atoms with E-state index in [4.69, 9.17) is 4.74 Å². The molecule has 1 heterocycles. The molecule has 1 saturated heterocycles. The van der Waals surface area contributed by atoms with Crippen molar-refractivity contribution in [2.75, 3.05) is 26.3 Å². The number of rotatable bonds is 4. The first-order chi connectivity index (χ1) is 15.1. The number of aryl methyl sites for hydroxylation is 2. The van der Waals surface area contributed by atoms with E-state index >= 15 is 0 Å². The maximum absolute atomic E-state index is 13.5. The Bertz CT molecular complexity index is 1220. The van der Waals surface area contributed by atoms with E-state index in [1.165, 1.54) is 0 Å². The van der Waals surface area contributed by atoms with Crippen molar-refractivity contribution in [1.82, 2.24) is 4.90 Å². The minimum absolute atomic E-state index is 0.110. The van der Waals surface area contributed by atoms with Crippen LogP contribution in [0.2, 0.25) is 0 Å². The third kappa shape index (κ3) is 3.57. The summed E-state index contributed by atoms with van der Waals surface area (Å²) in [7, 11) is -4.04. The summed E-state index contributed by atoms with van der Waals surface area (Å²) in [6.45, 7) is 8.27. The highest BCUT2D eigenvalue weighted by Crippen LogP contribution is 2.41. The molecule has 8 heteroatoms. The number of hydrogen-bond donors (Lipinski definition) is 2. The first-order valence-electron chi connectivity index (χ1n) is 10.6. The number of benzene rings is 2. The number of fused-ring (bicyclic) bond motifs is 3. The molecule has 1 fully saturated rings. The molecular formula is C24H28N2O5S. The van der Waals surface area contributed by atoms with Crippen molar-refractivity contribution in [3.63, 3.8) is 0 Å². The molecule has 2 aromatic carbocycles. The van der Waals surface area contributed by atoms with Crippen LogP contribution in [0, 0.1) is 27.7 Å². The van der Waals surface area contributed by atoms with E-state index in [0.717, 1.165) is 11.1 Å². The first-order valence-corrected chi connectivity index (χ1v) is 12.0. The average molecular weight is 457 g/mol. The lowest BCUT2D eigenvalue weighted by molar-refractivity contribution is -0.219. The van der Waals surface area contributed by atoms with Crippen molar-refractivity contribution >= 4 is 15.7 Å². The zero-order valence-electron chi connectivity index (χ0n) is 18.7. The summed E-state index contributed by atoms with van der Waals surface area (Å²) in [5, 5.41) is 20.9. The van der Waals surface area contributed by atoms with Gasteiger partial charge in [0.2, 0.25) is 5.79 Å². The van der Waals surface area contributed by atoms with Gasteiger partial charge in [-0.3, -0.25) is 0 Å². The van der Waals surface area contributed by atoms with Gasteiger partial charge in [0.15, 0.2) is 0 Å². The molecule has 2 aromatic rings. The molecule has 0 aromatic heterocycles. The van der Waals surface area contributed by atoms with E-state index in [2.05, 4.69) is 4.40 Å². The quantitative estimate of drug-likeness (QED) is 0.733. The Hall–Kier alpha value is -2.52. The average Bonchev–Trinajstić information content (AvgIpc) is 2.74. The molecule has 0 bridgehead atoms. The van der Waals surface area contributed by atoms with Crippen LogP contribution in [0.25, 0.3) is 0 Å². The van der Waals surface area contributed by atoms with Crippen LogP contribution in [0.4, 0.5) is 0 Å². The number of nitrogens with zero attached hydrogens (tertiary/aromatic N) is 2. The Morgan fingerprint density at radius 2 is 1.78 bits per heavy atom. The number of β-amino-alcohol motifs (C(OH)–C–C–N with tert-alkyl or cyclic N) is 1. The van der Waals surface area contributed by atoms with Crippen LogP contribution in [-0.2, 0) is 20.5 Å². The van der Waals surface area contributed by atoms with Crippen LogP contribution in [0.15, 0.2) is 51.4 Å². The van der Waals surface area contributed by atoms with Crippen molar-refractivity contribution in [2.24, 2.45) is 4.40 Å². The molecule has 1 unspecified atom stereocenters.